The zero-order valence-electron chi connectivity index (χ0n) is 17.3. The monoisotopic (exact) mass is 398 g/mol. The number of benzene rings is 2. The van der Waals surface area contributed by atoms with E-state index in [4.69, 9.17) is 0 Å². The van der Waals surface area contributed by atoms with E-state index in [0.29, 0.717) is 6.54 Å². The number of hydrogen-bond donors (Lipinski definition) is 1. The zero-order chi connectivity index (χ0) is 21.1. The molecule has 5 heteroatoms. The van der Waals surface area contributed by atoms with Crippen molar-refractivity contribution in [3.8, 4) is 17.5 Å². The smallest absolute Gasteiger partial charge is 0.123 e. The Balaban J connectivity index is 1.61. The van der Waals surface area contributed by atoms with Crippen molar-refractivity contribution >= 4 is 10.9 Å². The van der Waals surface area contributed by atoms with Gasteiger partial charge in [-0.15, -0.1) is 0 Å². The molecule has 4 aromatic rings. The first-order valence-corrected chi connectivity index (χ1v) is 9.84. The third-order valence-corrected chi connectivity index (χ3v) is 5.17. The molecule has 0 unspecified atom stereocenters. The number of pyridine rings is 1. The minimum absolute atomic E-state index is 0.259. The minimum atomic E-state index is -0.294. The van der Waals surface area contributed by atoms with Gasteiger partial charge >= 0.3 is 0 Å². The van der Waals surface area contributed by atoms with Crippen LogP contribution >= 0.6 is 0 Å². The van der Waals surface area contributed by atoms with Gasteiger partial charge in [0.2, 0.25) is 0 Å². The molecule has 0 fully saturated rings. The molecule has 0 radical (unpaired) electrons. The van der Waals surface area contributed by atoms with E-state index in [-0.39, 0.29) is 11.4 Å². The number of aromatic nitrogens is 3. The molecule has 2 aromatic carbocycles. The molecule has 0 amide bonds. The SMILES string of the molecule is CC#Cc1ccc(CNC(C)(C)c2cccc3c2cnn3-c2ccc(F)cc2)cn1. The van der Waals surface area contributed by atoms with Gasteiger partial charge in [0.1, 0.15) is 11.5 Å². The minimum Gasteiger partial charge on any atom is -0.304 e. The standard InChI is InChI=1S/C25H23FN4/c1-4-6-20-12-9-18(15-27-20)16-28-25(2,3)23-7-5-8-24-22(23)17-29-30(24)21-13-10-19(26)11-14-21/h5,7-15,17,28H,16H2,1-3H3. The fourth-order valence-electron chi connectivity index (χ4n) is 3.53. The average molecular weight is 398 g/mol. The third kappa shape index (κ3) is 3.96. The van der Waals surface area contributed by atoms with Crippen LogP contribution in [0.2, 0.25) is 0 Å². The molecule has 0 aliphatic carbocycles. The maximum atomic E-state index is 13.3. The second kappa shape index (κ2) is 8.10. The summed E-state index contributed by atoms with van der Waals surface area (Å²) in [6.45, 7) is 6.80. The Bertz CT molecular complexity index is 1230. The lowest BCUT2D eigenvalue weighted by molar-refractivity contribution is 0.404. The lowest BCUT2D eigenvalue weighted by atomic mass is 9.91. The second-order valence-corrected chi connectivity index (χ2v) is 7.68. The predicted octanol–water partition coefficient (Wildman–Crippen LogP) is 4.96. The van der Waals surface area contributed by atoms with Gasteiger partial charge in [-0.05, 0) is 74.2 Å². The summed E-state index contributed by atoms with van der Waals surface area (Å²) in [6.07, 6.45) is 3.73. The van der Waals surface area contributed by atoms with Crippen molar-refractivity contribution in [3.05, 3.63) is 89.6 Å². The lowest BCUT2D eigenvalue weighted by Crippen LogP contribution is -2.36. The van der Waals surface area contributed by atoms with Gasteiger partial charge in [-0.25, -0.2) is 14.1 Å². The van der Waals surface area contributed by atoms with Crippen LogP contribution in [-0.4, -0.2) is 14.8 Å². The lowest BCUT2D eigenvalue weighted by Gasteiger charge is -2.28. The normalized spacial score (nSPS) is 11.3. The van der Waals surface area contributed by atoms with Gasteiger partial charge in [-0.1, -0.05) is 24.1 Å². The molecule has 150 valence electrons. The van der Waals surface area contributed by atoms with E-state index >= 15 is 0 Å². The first kappa shape index (κ1) is 19.8. The van der Waals surface area contributed by atoms with E-state index in [9.17, 15) is 4.39 Å². The van der Waals surface area contributed by atoms with Crippen LogP contribution in [0, 0.1) is 17.7 Å². The van der Waals surface area contributed by atoms with Crippen molar-refractivity contribution in [2.24, 2.45) is 0 Å². The van der Waals surface area contributed by atoms with E-state index in [2.05, 4.69) is 47.2 Å². The molecule has 0 saturated heterocycles. The third-order valence-electron chi connectivity index (χ3n) is 5.17. The molecule has 30 heavy (non-hydrogen) atoms. The highest BCUT2D eigenvalue weighted by Gasteiger charge is 2.23. The average Bonchev–Trinajstić information content (AvgIpc) is 3.18. The molecule has 4 nitrogen and oxygen atoms in total. The summed E-state index contributed by atoms with van der Waals surface area (Å²) in [5.41, 5.74) is 4.54. The molecule has 0 atom stereocenters. The summed E-state index contributed by atoms with van der Waals surface area (Å²) in [5.74, 6) is 5.56. The predicted molar refractivity (Wildman–Crippen MR) is 118 cm³/mol. The molecule has 0 bridgehead atoms. The molecular weight excluding hydrogens is 375 g/mol. The van der Waals surface area contributed by atoms with Crippen LogP contribution in [0.5, 0.6) is 0 Å². The number of halogens is 1. The fraction of sp³-hybridized carbons (Fsp3) is 0.200. The summed E-state index contributed by atoms with van der Waals surface area (Å²) in [5, 5.41) is 9.25. The van der Waals surface area contributed by atoms with Crippen molar-refractivity contribution in [2.75, 3.05) is 0 Å². The molecular formula is C25H23FN4. The maximum absolute atomic E-state index is 13.3. The van der Waals surface area contributed by atoms with Crippen LogP contribution in [0.3, 0.4) is 0 Å². The zero-order valence-corrected chi connectivity index (χ0v) is 17.3. The Labute approximate surface area is 175 Å². The fourth-order valence-corrected chi connectivity index (χ4v) is 3.53. The first-order chi connectivity index (χ1) is 14.5. The van der Waals surface area contributed by atoms with E-state index in [0.717, 1.165) is 33.4 Å². The Morgan fingerprint density at radius 1 is 1.03 bits per heavy atom. The number of hydrogen-bond acceptors (Lipinski definition) is 3. The highest BCUT2D eigenvalue weighted by atomic mass is 19.1. The number of nitrogens with one attached hydrogen (secondary N) is 1. The topological polar surface area (TPSA) is 42.7 Å². The van der Waals surface area contributed by atoms with Crippen LogP contribution in [0.1, 0.15) is 37.6 Å². The molecule has 1 N–H and O–H groups in total. The van der Waals surface area contributed by atoms with Crippen molar-refractivity contribution in [3.63, 3.8) is 0 Å². The van der Waals surface area contributed by atoms with Crippen LogP contribution in [-0.2, 0) is 12.1 Å². The first-order valence-electron chi connectivity index (χ1n) is 9.84. The van der Waals surface area contributed by atoms with Gasteiger partial charge < -0.3 is 5.32 Å². The van der Waals surface area contributed by atoms with E-state index in [1.54, 1.807) is 19.1 Å². The molecule has 2 aromatic heterocycles. The quantitative estimate of drug-likeness (QED) is 0.484. The largest absolute Gasteiger partial charge is 0.304 e. The van der Waals surface area contributed by atoms with Gasteiger partial charge in [-0.2, -0.15) is 5.10 Å². The molecule has 0 aliphatic rings. The van der Waals surface area contributed by atoms with E-state index < -0.39 is 0 Å². The van der Waals surface area contributed by atoms with Gasteiger partial charge in [0.25, 0.3) is 0 Å². The molecule has 2 heterocycles. The second-order valence-electron chi connectivity index (χ2n) is 7.68. The van der Waals surface area contributed by atoms with Gasteiger partial charge in [-0.3, -0.25) is 0 Å². The van der Waals surface area contributed by atoms with Gasteiger partial charge in [0.15, 0.2) is 0 Å². The van der Waals surface area contributed by atoms with Crippen LogP contribution in [0.15, 0.2) is 67.0 Å². The Morgan fingerprint density at radius 3 is 2.53 bits per heavy atom. The van der Waals surface area contributed by atoms with Gasteiger partial charge in [0.05, 0.1) is 17.4 Å². The van der Waals surface area contributed by atoms with Crippen molar-refractivity contribution in [1.82, 2.24) is 20.1 Å². The van der Waals surface area contributed by atoms with Crippen LogP contribution < -0.4 is 5.32 Å². The molecule has 0 aliphatic heterocycles. The Hall–Kier alpha value is -3.49. The Morgan fingerprint density at radius 2 is 1.83 bits per heavy atom. The van der Waals surface area contributed by atoms with Crippen LogP contribution in [0.4, 0.5) is 4.39 Å². The van der Waals surface area contributed by atoms with Crippen LogP contribution in [0.25, 0.3) is 16.6 Å². The van der Waals surface area contributed by atoms with E-state index in [1.807, 2.05) is 41.3 Å². The summed E-state index contributed by atoms with van der Waals surface area (Å²) >= 11 is 0. The molecule has 0 saturated carbocycles. The van der Waals surface area contributed by atoms with E-state index in [1.165, 1.54) is 12.1 Å². The van der Waals surface area contributed by atoms with Crippen molar-refractivity contribution < 1.29 is 4.39 Å². The summed E-state index contributed by atoms with van der Waals surface area (Å²) in [7, 11) is 0. The Kier molecular flexibility index (Phi) is 5.35. The molecule has 0 spiro atoms. The number of fused-ring (bicyclic) bond motifs is 1. The summed E-state index contributed by atoms with van der Waals surface area (Å²) in [4.78, 5) is 4.38. The number of nitrogens with zero attached hydrogens (tertiary/aromatic N) is 3. The summed E-state index contributed by atoms with van der Waals surface area (Å²) in [6, 6.07) is 16.5. The highest BCUT2D eigenvalue weighted by Crippen LogP contribution is 2.30. The van der Waals surface area contributed by atoms with Crippen molar-refractivity contribution in [2.45, 2.75) is 32.9 Å². The number of rotatable bonds is 5. The van der Waals surface area contributed by atoms with Gasteiger partial charge in [0, 0.05) is 23.7 Å². The molecule has 4 rings (SSSR count). The van der Waals surface area contributed by atoms with Crippen molar-refractivity contribution in [1.29, 1.82) is 0 Å². The highest BCUT2D eigenvalue weighted by molar-refractivity contribution is 5.84. The maximum Gasteiger partial charge on any atom is 0.123 e. The summed E-state index contributed by atoms with van der Waals surface area (Å²) < 4.78 is 15.1.